The second-order valence-corrected chi connectivity index (χ2v) is 8.91. The molecule has 0 aliphatic heterocycles. The third-order valence-corrected chi connectivity index (χ3v) is 5.19. The van der Waals surface area contributed by atoms with Crippen molar-refractivity contribution < 1.29 is 44.1 Å². The molecule has 3 amide bonds. The van der Waals surface area contributed by atoms with E-state index in [4.69, 9.17) is 21.7 Å². The molecule has 0 aromatic heterocycles. The summed E-state index contributed by atoms with van der Waals surface area (Å²) in [5.74, 6) is -6.16. The van der Waals surface area contributed by atoms with Crippen LogP contribution in [0.25, 0.3) is 0 Å². The van der Waals surface area contributed by atoms with Crippen LogP contribution >= 0.6 is 0 Å². The first-order chi connectivity index (χ1) is 16.8. The largest absolute Gasteiger partial charge is 0.481 e. The van der Waals surface area contributed by atoms with Gasteiger partial charge in [0.25, 0.3) is 0 Å². The Morgan fingerprint density at radius 2 is 1.19 bits per heavy atom. The highest BCUT2D eigenvalue weighted by Crippen LogP contribution is 2.09. The first-order valence-electron chi connectivity index (χ1n) is 11.8. The van der Waals surface area contributed by atoms with Crippen molar-refractivity contribution in [2.45, 2.75) is 89.4 Å². The number of carboxylic acid groups (broad SMARTS) is 3. The van der Waals surface area contributed by atoms with Crippen LogP contribution in [0.2, 0.25) is 0 Å². The van der Waals surface area contributed by atoms with Crippen LogP contribution in [0.3, 0.4) is 0 Å². The Morgan fingerprint density at radius 1 is 0.694 bits per heavy atom. The maximum absolute atomic E-state index is 12.9. The number of aliphatic carboxylic acids is 3. The van der Waals surface area contributed by atoms with Gasteiger partial charge in [-0.1, -0.05) is 13.8 Å². The normalized spacial score (nSPS) is 14.2. The molecule has 0 radical (unpaired) electrons. The van der Waals surface area contributed by atoms with E-state index >= 15 is 0 Å². The van der Waals surface area contributed by atoms with Crippen LogP contribution in [0.4, 0.5) is 0 Å². The predicted octanol–water partition coefficient (Wildman–Crippen LogP) is -1.24. The zero-order valence-electron chi connectivity index (χ0n) is 20.7. The van der Waals surface area contributed by atoms with Gasteiger partial charge in [0.05, 0.1) is 6.04 Å². The first kappa shape index (κ1) is 32.7. The molecule has 0 aliphatic carbocycles. The van der Waals surface area contributed by atoms with Crippen molar-refractivity contribution in [2.24, 2.45) is 17.4 Å². The van der Waals surface area contributed by atoms with Crippen LogP contribution in [0, 0.1) is 5.92 Å². The minimum absolute atomic E-state index is 0.0851. The van der Waals surface area contributed by atoms with E-state index < -0.39 is 66.2 Å². The first-order valence-corrected chi connectivity index (χ1v) is 11.8. The average molecular weight is 518 g/mol. The standard InChI is InChI=1S/C22H39N5O9/c1-12(2)11-16(21(34)26-15(22(35)36)5-3-4-10-23)27-20(33)14(7-9-18(30)31)25-19(32)13(24)6-8-17(28)29/h12-16H,3-11,23-24H2,1-2H3,(H,25,32)(H,26,34)(H,27,33)(H,28,29)(H,30,31)(H,35,36)/t13-,14-,15+,16-/m0/s1. The fourth-order valence-corrected chi connectivity index (χ4v) is 3.22. The molecule has 10 N–H and O–H groups in total. The maximum atomic E-state index is 12.9. The fraction of sp³-hybridized carbons (Fsp3) is 0.727. The van der Waals surface area contributed by atoms with Crippen molar-refractivity contribution in [2.75, 3.05) is 6.54 Å². The summed E-state index contributed by atoms with van der Waals surface area (Å²) in [6, 6.07) is -4.96. The van der Waals surface area contributed by atoms with E-state index in [0.29, 0.717) is 19.4 Å². The van der Waals surface area contributed by atoms with E-state index in [1.807, 2.05) is 0 Å². The van der Waals surface area contributed by atoms with Gasteiger partial charge in [-0.25, -0.2) is 4.79 Å². The van der Waals surface area contributed by atoms with Gasteiger partial charge in [0.1, 0.15) is 18.1 Å². The molecule has 4 atom stereocenters. The van der Waals surface area contributed by atoms with Crippen molar-refractivity contribution in [1.82, 2.24) is 16.0 Å². The van der Waals surface area contributed by atoms with Crippen LogP contribution in [0.1, 0.15) is 65.2 Å². The molecule has 36 heavy (non-hydrogen) atoms. The Labute approximate surface area is 209 Å². The van der Waals surface area contributed by atoms with Crippen LogP contribution in [0.15, 0.2) is 0 Å². The number of carbonyl (C=O) groups excluding carboxylic acids is 3. The van der Waals surface area contributed by atoms with Gasteiger partial charge >= 0.3 is 17.9 Å². The molecule has 206 valence electrons. The van der Waals surface area contributed by atoms with Crippen LogP contribution in [-0.2, 0) is 28.8 Å². The van der Waals surface area contributed by atoms with Crippen molar-refractivity contribution in [3.8, 4) is 0 Å². The Hall–Kier alpha value is -3.26. The molecule has 0 aromatic rings. The zero-order valence-corrected chi connectivity index (χ0v) is 20.7. The van der Waals surface area contributed by atoms with E-state index in [1.54, 1.807) is 13.8 Å². The Balaban J connectivity index is 5.51. The van der Waals surface area contributed by atoms with Crippen molar-refractivity contribution in [1.29, 1.82) is 0 Å². The lowest BCUT2D eigenvalue weighted by Crippen LogP contribution is -2.57. The highest BCUT2D eigenvalue weighted by atomic mass is 16.4. The molecule has 14 heteroatoms. The van der Waals surface area contributed by atoms with Crippen molar-refractivity contribution >= 4 is 35.6 Å². The van der Waals surface area contributed by atoms with E-state index in [-0.39, 0.29) is 38.0 Å². The molecular weight excluding hydrogens is 478 g/mol. The van der Waals surface area contributed by atoms with E-state index in [1.165, 1.54) is 0 Å². The number of nitrogens with two attached hydrogens (primary N) is 2. The predicted molar refractivity (Wildman–Crippen MR) is 128 cm³/mol. The molecule has 0 rings (SSSR count). The number of carboxylic acids is 3. The molecule has 0 saturated heterocycles. The lowest BCUT2D eigenvalue weighted by Gasteiger charge is -2.26. The number of hydrogen-bond acceptors (Lipinski definition) is 8. The Morgan fingerprint density at radius 3 is 1.69 bits per heavy atom. The molecular formula is C22H39N5O9. The number of nitrogens with one attached hydrogen (secondary N) is 3. The molecule has 0 saturated carbocycles. The lowest BCUT2D eigenvalue weighted by atomic mass is 10.0. The molecule has 0 spiro atoms. The van der Waals surface area contributed by atoms with E-state index in [2.05, 4.69) is 16.0 Å². The molecule has 14 nitrogen and oxygen atoms in total. The van der Waals surface area contributed by atoms with Gasteiger partial charge in [0, 0.05) is 12.8 Å². The van der Waals surface area contributed by atoms with Crippen molar-refractivity contribution in [3.05, 3.63) is 0 Å². The summed E-state index contributed by atoms with van der Waals surface area (Å²) in [7, 11) is 0. The summed E-state index contributed by atoms with van der Waals surface area (Å²) >= 11 is 0. The van der Waals surface area contributed by atoms with Gasteiger partial charge in [0.15, 0.2) is 0 Å². The summed E-state index contributed by atoms with van der Waals surface area (Å²) in [4.78, 5) is 71.4. The second-order valence-electron chi connectivity index (χ2n) is 8.91. The Kier molecular flexibility index (Phi) is 15.7. The minimum Gasteiger partial charge on any atom is -0.481 e. The molecule has 0 aliphatic rings. The van der Waals surface area contributed by atoms with Gasteiger partial charge in [-0.2, -0.15) is 0 Å². The van der Waals surface area contributed by atoms with Crippen LogP contribution in [0.5, 0.6) is 0 Å². The maximum Gasteiger partial charge on any atom is 0.326 e. The number of unbranched alkanes of at least 4 members (excludes halogenated alkanes) is 1. The van der Waals surface area contributed by atoms with Crippen molar-refractivity contribution in [3.63, 3.8) is 0 Å². The van der Waals surface area contributed by atoms with Gasteiger partial charge in [-0.15, -0.1) is 0 Å². The second kappa shape index (κ2) is 17.2. The summed E-state index contributed by atoms with van der Waals surface area (Å²) in [5.41, 5.74) is 11.1. The third-order valence-electron chi connectivity index (χ3n) is 5.19. The number of amides is 3. The number of hydrogen-bond donors (Lipinski definition) is 8. The number of rotatable bonds is 19. The monoisotopic (exact) mass is 517 g/mol. The SMILES string of the molecule is CC(C)C[C@H](NC(=O)[C@H](CCC(=O)O)NC(=O)[C@@H](N)CCC(=O)O)C(=O)N[C@H](CCCCN)C(=O)O. The zero-order chi connectivity index (χ0) is 27.8. The summed E-state index contributed by atoms with van der Waals surface area (Å²) in [5, 5.41) is 34.4. The van der Waals surface area contributed by atoms with E-state index in [0.717, 1.165) is 0 Å². The topological polar surface area (TPSA) is 251 Å². The Bertz CT molecular complexity index is 775. The molecule has 0 fully saturated rings. The van der Waals surface area contributed by atoms with Crippen LogP contribution < -0.4 is 27.4 Å². The van der Waals surface area contributed by atoms with Gasteiger partial charge < -0.3 is 42.7 Å². The summed E-state index contributed by atoms with van der Waals surface area (Å²) in [6.45, 7) is 3.94. The highest BCUT2D eigenvalue weighted by molar-refractivity contribution is 5.94. The average Bonchev–Trinajstić information content (AvgIpc) is 2.78. The summed E-state index contributed by atoms with van der Waals surface area (Å²) in [6.07, 6.45) is -0.0411. The van der Waals surface area contributed by atoms with E-state index in [9.17, 15) is 33.9 Å². The van der Waals surface area contributed by atoms with Gasteiger partial charge in [-0.3, -0.25) is 24.0 Å². The number of carbonyl (C=O) groups is 6. The van der Waals surface area contributed by atoms with Gasteiger partial charge in [0.2, 0.25) is 17.7 Å². The molecule has 0 heterocycles. The fourth-order valence-electron chi connectivity index (χ4n) is 3.22. The quantitative estimate of drug-likeness (QED) is 0.0940. The minimum atomic E-state index is -1.37. The smallest absolute Gasteiger partial charge is 0.326 e. The molecule has 0 aromatic carbocycles. The molecule has 0 unspecified atom stereocenters. The lowest BCUT2D eigenvalue weighted by molar-refractivity contribution is -0.142. The molecule has 0 bridgehead atoms. The highest BCUT2D eigenvalue weighted by Gasteiger charge is 2.31. The van der Waals surface area contributed by atoms with Crippen LogP contribution in [-0.4, -0.2) is 81.7 Å². The summed E-state index contributed by atoms with van der Waals surface area (Å²) < 4.78 is 0. The van der Waals surface area contributed by atoms with Gasteiger partial charge in [-0.05, 0) is 51.0 Å². The third kappa shape index (κ3) is 14.2.